The van der Waals surface area contributed by atoms with Crippen LogP contribution in [0.2, 0.25) is 0 Å². The molecule has 0 aromatic carbocycles. The zero-order chi connectivity index (χ0) is 11.6. The van der Waals surface area contributed by atoms with Crippen LogP contribution in [0, 0.1) is 0 Å². The van der Waals surface area contributed by atoms with Gasteiger partial charge in [0.25, 0.3) is 0 Å². The second-order valence-corrected chi connectivity index (χ2v) is 4.32. The average Bonchev–Trinajstić information content (AvgIpc) is 2.98. The summed E-state index contributed by atoms with van der Waals surface area (Å²) in [5.74, 6) is 0.0900. The Balaban J connectivity index is 2.23. The highest BCUT2D eigenvalue weighted by Crippen LogP contribution is 2.35. The van der Waals surface area contributed by atoms with E-state index in [1.54, 1.807) is 24.2 Å². The Kier molecular flexibility index (Phi) is 3.10. The molecule has 0 aliphatic heterocycles. The topological polar surface area (TPSA) is 44.1 Å². The van der Waals surface area contributed by atoms with Gasteiger partial charge in [-0.1, -0.05) is 0 Å². The Labute approximate surface area is 95.6 Å². The predicted octanol–water partition coefficient (Wildman–Crippen LogP) is 2.04. The Bertz CT molecular complexity index is 378. The number of carbonyl (C=O) groups is 1. The molecule has 0 unspecified atom stereocenters. The van der Waals surface area contributed by atoms with Crippen molar-refractivity contribution in [3.05, 3.63) is 18.0 Å². The molecule has 0 spiro atoms. The van der Waals surface area contributed by atoms with Crippen molar-refractivity contribution in [2.75, 3.05) is 7.11 Å². The maximum atomic E-state index is 12.4. The molecule has 1 heterocycles. The van der Waals surface area contributed by atoms with Crippen LogP contribution < -0.4 is 0 Å². The fourth-order valence-electron chi connectivity index (χ4n) is 2.39. The van der Waals surface area contributed by atoms with Gasteiger partial charge >= 0.3 is 0 Å². The number of hydrogen-bond donors (Lipinski definition) is 0. The zero-order valence-electron chi connectivity index (χ0n) is 9.90. The van der Waals surface area contributed by atoms with Gasteiger partial charge in [0.2, 0.25) is 0 Å². The first-order chi connectivity index (χ1) is 7.72. The molecule has 16 heavy (non-hydrogen) atoms. The molecule has 4 heteroatoms. The van der Waals surface area contributed by atoms with Gasteiger partial charge in [-0.2, -0.15) is 5.10 Å². The lowest BCUT2D eigenvalue weighted by molar-refractivity contribution is 0.00601. The van der Waals surface area contributed by atoms with E-state index >= 15 is 0 Å². The van der Waals surface area contributed by atoms with Crippen LogP contribution in [-0.4, -0.2) is 28.3 Å². The summed E-state index contributed by atoms with van der Waals surface area (Å²) in [6.45, 7) is 2.79. The monoisotopic (exact) mass is 222 g/mol. The number of methoxy groups -OCH3 is 1. The van der Waals surface area contributed by atoms with E-state index in [9.17, 15) is 4.79 Å². The van der Waals surface area contributed by atoms with E-state index in [0.29, 0.717) is 5.56 Å². The van der Waals surface area contributed by atoms with Crippen molar-refractivity contribution in [2.45, 2.75) is 44.8 Å². The smallest absolute Gasteiger partial charge is 0.197 e. The first-order valence-electron chi connectivity index (χ1n) is 5.84. The number of hydrogen-bond acceptors (Lipinski definition) is 3. The molecular formula is C12H18N2O2. The van der Waals surface area contributed by atoms with Crippen LogP contribution in [0.15, 0.2) is 12.4 Å². The van der Waals surface area contributed by atoms with Gasteiger partial charge in [0.15, 0.2) is 5.78 Å². The fraction of sp³-hybridized carbons (Fsp3) is 0.667. The molecule has 0 N–H and O–H groups in total. The van der Waals surface area contributed by atoms with Gasteiger partial charge in [-0.25, -0.2) is 0 Å². The molecule has 1 saturated carbocycles. The number of aromatic nitrogens is 2. The quantitative estimate of drug-likeness (QED) is 0.732. The van der Waals surface area contributed by atoms with Crippen molar-refractivity contribution in [3.8, 4) is 0 Å². The summed E-state index contributed by atoms with van der Waals surface area (Å²) in [6, 6.07) is 0. The summed E-state index contributed by atoms with van der Waals surface area (Å²) in [5.41, 5.74) is 0.0901. The van der Waals surface area contributed by atoms with Crippen LogP contribution in [0.4, 0.5) is 0 Å². The molecule has 1 aromatic rings. The molecule has 4 nitrogen and oxygen atoms in total. The van der Waals surface area contributed by atoms with Crippen LogP contribution in [0.5, 0.6) is 0 Å². The molecule has 2 rings (SSSR count). The maximum absolute atomic E-state index is 12.4. The first-order valence-corrected chi connectivity index (χ1v) is 5.84. The largest absolute Gasteiger partial charge is 0.370 e. The normalized spacial score (nSPS) is 18.9. The standard InChI is InChI=1S/C12H18N2O2/c1-3-14-9-10(8-13-14)11(15)12(16-2)6-4-5-7-12/h8-9H,3-7H2,1-2H3. The highest BCUT2D eigenvalue weighted by Gasteiger charge is 2.41. The third-order valence-electron chi connectivity index (χ3n) is 3.44. The summed E-state index contributed by atoms with van der Waals surface area (Å²) >= 11 is 0. The highest BCUT2D eigenvalue weighted by atomic mass is 16.5. The Morgan fingerprint density at radius 1 is 1.56 bits per heavy atom. The van der Waals surface area contributed by atoms with Crippen molar-refractivity contribution in [2.24, 2.45) is 0 Å². The second kappa shape index (κ2) is 4.37. The van der Waals surface area contributed by atoms with E-state index in [4.69, 9.17) is 4.74 Å². The predicted molar refractivity (Wildman–Crippen MR) is 60.4 cm³/mol. The molecule has 0 bridgehead atoms. The number of carbonyl (C=O) groups excluding carboxylic acids is 1. The Morgan fingerprint density at radius 3 is 2.75 bits per heavy atom. The number of ketones is 1. The van der Waals surface area contributed by atoms with E-state index in [1.807, 2.05) is 6.92 Å². The molecule has 1 fully saturated rings. The minimum Gasteiger partial charge on any atom is -0.370 e. The van der Waals surface area contributed by atoms with E-state index in [0.717, 1.165) is 32.2 Å². The lowest BCUT2D eigenvalue weighted by Gasteiger charge is -2.24. The van der Waals surface area contributed by atoms with Gasteiger partial charge in [0.1, 0.15) is 5.60 Å². The zero-order valence-corrected chi connectivity index (χ0v) is 9.90. The summed E-state index contributed by atoms with van der Waals surface area (Å²) in [6.07, 6.45) is 7.26. The number of Topliss-reactive ketones (excluding diaryl/α,β-unsaturated/α-hetero) is 1. The SMILES string of the molecule is CCn1cc(C(=O)C2(OC)CCCC2)cn1. The van der Waals surface area contributed by atoms with Gasteiger partial charge < -0.3 is 4.74 Å². The van der Waals surface area contributed by atoms with Crippen molar-refractivity contribution >= 4 is 5.78 Å². The van der Waals surface area contributed by atoms with E-state index in [1.165, 1.54) is 0 Å². The average molecular weight is 222 g/mol. The second-order valence-electron chi connectivity index (χ2n) is 4.32. The van der Waals surface area contributed by atoms with Crippen LogP contribution in [-0.2, 0) is 11.3 Å². The fourth-order valence-corrected chi connectivity index (χ4v) is 2.39. The van der Waals surface area contributed by atoms with Gasteiger partial charge in [-0.05, 0) is 32.6 Å². The number of aryl methyl sites for hydroxylation is 1. The van der Waals surface area contributed by atoms with Crippen molar-refractivity contribution in [1.82, 2.24) is 9.78 Å². The number of nitrogens with zero attached hydrogens (tertiary/aromatic N) is 2. The molecule has 0 amide bonds. The maximum Gasteiger partial charge on any atom is 0.197 e. The third-order valence-corrected chi connectivity index (χ3v) is 3.44. The van der Waals surface area contributed by atoms with E-state index in [-0.39, 0.29) is 5.78 Å². The highest BCUT2D eigenvalue weighted by molar-refractivity contribution is 6.02. The molecule has 0 saturated heterocycles. The van der Waals surface area contributed by atoms with Gasteiger partial charge in [0.05, 0.1) is 11.8 Å². The molecule has 1 aliphatic rings. The van der Waals surface area contributed by atoms with Crippen LogP contribution in [0.3, 0.4) is 0 Å². The third kappa shape index (κ3) is 1.78. The summed E-state index contributed by atoms with van der Waals surface area (Å²) in [7, 11) is 1.63. The lowest BCUT2D eigenvalue weighted by Crippen LogP contribution is -2.37. The van der Waals surface area contributed by atoms with Gasteiger partial charge in [-0.3, -0.25) is 9.48 Å². The molecular weight excluding hydrogens is 204 g/mol. The summed E-state index contributed by atoms with van der Waals surface area (Å²) in [4.78, 5) is 12.4. The van der Waals surface area contributed by atoms with Crippen LogP contribution in [0.25, 0.3) is 0 Å². The number of ether oxygens (including phenoxy) is 1. The van der Waals surface area contributed by atoms with Crippen LogP contribution >= 0.6 is 0 Å². The van der Waals surface area contributed by atoms with Crippen molar-refractivity contribution in [3.63, 3.8) is 0 Å². The molecule has 1 aromatic heterocycles. The van der Waals surface area contributed by atoms with Crippen molar-refractivity contribution in [1.29, 1.82) is 0 Å². The van der Waals surface area contributed by atoms with Gasteiger partial charge in [-0.15, -0.1) is 0 Å². The minimum absolute atomic E-state index is 0.0900. The van der Waals surface area contributed by atoms with Gasteiger partial charge in [0, 0.05) is 19.9 Å². The molecule has 0 radical (unpaired) electrons. The summed E-state index contributed by atoms with van der Waals surface area (Å²) < 4.78 is 7.24. The molecule has 1 aliphatic carbocycles. The van der Waals surface area contributed by atoms with E-state index in [2.05, 4.69) is 5.10 Å². The summed E-state index contributed by atoms with van der Waals surface area (Å²) in [5, 5.41) is 4.13. The van der Waals surface area contributed by atoms with Crippen molar-refractivity contribution < 1.29 is 9.53 Å². The molecule has 88 valence electrons. The molecule has 0 atom stereocenters. The minimum atomic E-state index is -0.582. The Morgan fingerprint density at radius 2 is 2.25 bits per heavy atom. The van der Waals surface area contributed by atoms with Crippen LogP contribution in [0.1, 0.15) is 43.0 Å². The lowest BCUT2D eigenvalue weighted by atomic mass is 9.92. The Hall–Kier alpha value is -1.16. The number of rotatable bonds is 4. The van der Waals surface area contributed by atoms with E-state index < -0.39 is 5.60 Å². The first kappa shape index (κ1) is 11.3.